The van der Waals surface area contributed by atoms with Gasteiger partial charge in [-0.3, -0.25) is 9.78 Å². The maximum Gasteiger partial charge on any atom is 0.234 e. The summed E-state index contributed by atoms with van der Waals surface area (Å²) in [5.74, 6) is 0.0254. The highest BCUT2D eigenvalue weighted by atomic mass is 16.1. The van der Waals surface area contributed by atoms with Crippen LogP contribution < -0.4 is 10.6 Å². The summed E-state index contributed by atoms with van der Waals surface area (Å²) in [5, 5.41) is 7.11. The molecule has 100 valence electrons. The molecule has 0 aliphatic heterocycles. The number of nitrogens with one attached hydrogen (secondary N) is 2. The molecule has 4 heteroatoms. The number of hydrogen-bond acceptors (Lipinski definition) is 3. The summed E-state index contributed by atoms with van der Waals surface area (Å²) in [6, 6.07) is 10.3. The first-order chi connectivity index (χ1) is 9.15. The van der Waals surface area contributed by atoms with Crippen LogP contribution in [0.15, 0.2) is 36.5 Å². The highest BCUT2D eigenvalue weighted by Crippen LogP contribution is 2.12. The first kappa shape index (κ1) is 13.5. The predicted octanol–water partition coefficient (Wildman–Crippen LogP) is 1.85. The third-order valence-electron chi connectivity index (χ3n) is 2.73. The quantitative estimate of drug-likeness (QED) is 0.859. The van der Waals surface area contributed by atoms with E-state index in [9.17, 15) is 4.79 Å². The Morgan fingerprint density at radius 1 is 1.32 bits per heavy atom. The Labute approximate surface area is 113 Å². The van der Waals surface area contributed by atoms with Crippen LogP contribution in [-0.4, -0.2) is 23.5 Å². The normalized spacial score (nSPS) is 10.9. The number of aromatic nitrogens is 1. The van der Waals surface area contributed by atoms with Crippen molar-refractivity contribution >= 4 is 16.8 Å². The third kappa shape index (κ3) is 4.03. The molecule has 0 aliphatic carbocycles. The average molecular weight is 257 g/mol. The second kappa shape index (κ2) is 6.29. The van der Waals surface area contributed by atoms with E-state index in [1.165, 1.54) is 0 Å². The predicted molar refractivity (Wildman–Crippen MR) is 76.7 cm³/mol. The molecule has 1 aromatic carbocycles. The molecule has 19 heavy (non-hydrogen) atoms. The maximum absolute atomic E-state index is 11.5. The molecule has 0 saturated carbocycles. The minimum atomic E-state index is 0.0254. The van der Waals surface area contributed by atoms with E-state index in [-0.39, 0.29) is 11.9 Å². The van der Waals surface area contributed by atoms with Crippen molar-refractivity contribution in [2.75, 3.05) is 6.54 Å². The Kier molecular flexibility index (Phi) is 4.47. The summed E-state index contributed by atoms with van der Waals surface area (Å²) in [5.41, 5.74) is 2.14. The number of nitrogens with zero attached hydrogens (tertiary/aromatic N) is 1. The molecular weight excluding hydrogens is 238 g/mol. The van der Waals surface area contributed by atoms with Crippen LogP contribution in [0.3, 0.4) is 0 Å². The maximum atomic E-state index is 11.5. The van der Waals surface area contributed by atoms with Gasteiger partial charge in [0.05, 0.1) is 12.1 Å². The largest absolute Gasteiger partial charge is 0.353 e. The molecule has 1 heterocycles. The van der Waals surface area contributed by atoms with Crippen molar-refractivity contribution < 1.29 is 4.79 Å². The molecule has 0 bridgehead atoms. The van der Waals surface area contributed by atoms with Gasteiger partial charge in [0.15, 0.2) is 0 Å². The molecule has 2 rings (SSSR count). The molecule has 1 amide bonds. The lowest BCUT2D eigenvalue weighted by Crippen LogP contribution is -2.37. The van der Waals surface area contributed by atoms with Crippen molar-refractivity contribution in [2.24, 2.45) is 0 Å². The second-order valence-corrected chi connectivity index (χ2v) is 4.86. The number of carbonyl (C=O) groups is 1. The molecular formula is C15H19N3O. The SMILES string of the molecule is CC(C)NC(=O)CNCc1ccc2ncccc2c1. The molecule has 2 aromatic rings. The molecule has 0 spiro atoms. The van der Waals surface area contributed by atoms with Crippen LogP contribution in [0, 0.1) is 0 Å². The van der Waals surface area contributed by atoms with Gasteiger partial charge in [0, 0.05) is 24.2 Å². The molecule has 0 radical (unpaired) electrons. The van der Waals surface area contributed by atoms with Crippen LogP contribution in [0.25, 0.3) is 10.9 Å². The topological polar surface area (TPSA) is 54.0 Å². The minimum absolute atomic E-state index is 0.0254. The Balaban J connectivity index is 1.89. The van der Waals surface area contributed by atoms with Crippen LogP contribution in [0.2, 0.25) is 0 Å². The summed E-state index contributed by atoms with van der Waals surface area (Å²) in [4.78, 5) is 15.8. The van der Waals surface area contributed by atoms with E-state index in [4.69, 9.17) is 0 Å². The summed E-state index contributed by atoms with van der Waals surface area (Å²) in [7, 11) is 0. The molecule has 0 fully saturated rings. The minimum Gasteiger partial charge on any atom is -0.353 e. The Hall–Kier alpha value is -1.94. The van der Waals surface area contributed by atoms with Crippen molar-refractivity contribution in [3.63, 3.8) is 0 Å². The Bertz CT molecular complexity index is 566. The van der Waals surface area contributed by atoms with Gasteiger partial charge >= 0.3 is 0 Å². The van der Waals surface area contributed by atoms with Gasteiger partial charge in [-0.1, -0.05) is 12.1 Å². The molecule has 4 nitrogen and oxygen atoms in total. The van der Waals surface area contributed by atoms with Crippen LogP contribution in [0.5, 0.6) is 0 Å². The summed E-state index contributed by atoms with van der Waals surface area (Å²) < 4.78 is 0. The van der Waals surface area contributed by atoms with E-state index in [1.807, 2.05) is 38.1 Å². The first-order valence-electron chi connectivity index (χ1n) is 6.49. The molecule has 2 N–H and O–H groups in total. The van der Waals surface area contributed by atoms with E-state index in [0.717, 1.165) is 16.5 Å². The fourth-order valence-electron chi connectivity index (χ4n) is 1.93. The summed E-state index contributed by atoms with van der Waals surface area (Å²) in [6.45, 7) is 4.92. The van der Waals surface area contributed by atoms with Gasteiger partial charge in [0.1, 0.15) is 0 Å². The highest BCUT2D eigenvalue weighted by Gasteiger charge is 2.02. The number of benzene rings is 1. The van der Waals surface area contributed by atoms with E-state index in [1.54, 1.807) is 6.20 Å². The van der Waals surface area contributed by atoms with Crippen molar-refractivity contribution in [1.82, 2.24) is 15.6 Å². The number of hydrogen-bond donors (Lipinski definition) is 2. The van der Waals surface area contributed by atoms with Gasteiger partial charge in [-0.2, -0.15) is 0 Å². The zero-order valence-corrected chi connectivity index (χ0v) is 11.3. The van der Waals surface area contributed by atoms with Gasteiger partial charge in [-0.15, -0.1) is 0 Å². The lowest BCUT2D eigenvalue weighted by atomic mass is 10.1. The first-order valence-corrected chi connectivity index (χ1v) is 6.49. The van der Waals surface area contributed by atoms with Gasteiger partial charge in [-0.05, 0) is 37.6 Å². The van der Waals surface area contributed by atoms with Crippen molar-refractivity contribution in [3.05, 3.63) is 42.1 Å². The third-order valence-corrected chi connectivity index (χ3v) is 2.73. The van der Waals surface area contributed by atoms with Crippen molar-refractivity contribution in [3.8, 4) is 0 Å². The lowest BCUT2D eigenvalue weighted by Gasteiger charge is -2.09. The smallest absolute Gasteiger partial charge is 0.234 e. The van der Waals surface area contributed by atoms with E-state index < -0.39 is 0 Å². The standard InChI is InChI=1S/C15H19N3O/c1-11(2)18-15(19)10-16-9-12-5-6-14-13(8-12)4-3-7-17-14/h3-8,11,16H,9-10H2,1-2H3,(H,18,19). The lowest BCUT2D eigenvalue weighted by molar-refractivity contribution is -0.120. The number of fused-ring (bicyclic) bond motifs is 1. The van der Waals surface area contributed by atoms with Crippen LogP contribution in [-0.2, 0) is 11.3 Å². The fraction of sp³-hybridized carbons (Fsp3) is 0.333. The van der Waals surface area contributed by atoms with Gasteiger partial charge in [0.2, 0.25) is 5.91 Å². The summed E-state index contributed by atoms with van der Waals surface area (Å²) in [6.07, 6.45) is 1.79. The Morgan fingerprint density at radius 2 is 2.16 bits per heavy atom. The number of rotatable bonds is 5. The molecule has 0 atom stereocenters. The van der Waals surface area contributed by atoms with Crippen molar-refractivity contribution in [1.29, 1.82) is 0 Å². The van der Waals surface area contributed by atoms with Gasteiger partial charge in [0.25, 0.3) is 0 Å². The molecule has 0 saturated heterocycles. The monoisotopic (exact) mass is 257 g/mol. The average Bonchev–Trinajstić information content (AvgIpc) is 2.37. The second-order valence-electron chi connectivity index (χ2n) is 4.86. The van der Waals surface area contributed by atoms with Crippen LogP contribution >= 0.6 is 0 Å². The number of pyridine rings is 1. The van der Waals surface area contributed by atoms with Gasteiger partial charge < -0.3 is 10.6 Å². The highest BCUT2D eigenvalue weighted by molar-refractivity contribution is 5.79. The van der Waals surface area contributed by atoms with Crippen LogP contribution in [0.4, 0.5) is 0 Å². The van der Waals surface area contributed by atoms with E-state index >= 15 is 0 Å². The summed E-state index contributed by atoms with van der Waals surface area (Å²) >= 11 is 0. The van der Waals surface area contributed by atoms with Gasteiger partial charge in [-0.25, -0.2) is 0 Å². The Morgan fingerprint density at radius 3 is 2.95 bits per heavy atom. The zero-order chi connectivity index (χ0) is 13.7. The van der Waals surface area contributed by atoms with E-state index in [2.05, 4.69) is 21.7 Å². The number of amides is 1. The molecule has 0 unspecified atom stereocenters. The van der Waals surface area contributed by atoms with Crippen molar-refractivity contribution in [2.45, 2.75) is 26.4 Å². The fourth-order valence-corrected chi connectivity index (χ4v) is 1.93. The molecule has 1 aromatic heterocycles. The zero-order valence-electron chi connectivity index (χ0n) is 11.3. The molecule has 0 aliphatic rings. The number of carbonyl (C=O) groups excluding carboxylic acids is 1. The van der Waals surface area contributed by atoms with Crippen LogP contribution in [0.1, 0.15) is 19.4 Å². The van der Waals surface area contributed by atoms with E-state index in [0.29, 0.717) is 13.1 Å².